The number of amides is 2. The zero-order valence-corrected chi connectivity index (χ0v) is 13.4. The van der Waals surface area contributed by atoms with Gasteiger partial charge in [-0.2, -0.15) is 5.10 Å². The Hall–Kier alpha value is -3.07. The Bertz CT molecular complexity index is 841. The molecule has 0 aliphatic rings. The zero-order valence-electron chi connectivity index (χ0n) is 12.5. The molecule has 8 nitrogen and oxygen atoms in total. The molecule has 2 heterocycles. The minimum Gasteiger partial charge on any atom is -0.369 e. The van der Waals surface area contributed by atoms with Crippen molar-refractivity contribution in [2.45, 2.75) is 13.0 Å². The summed E-state index contributed by atoms with van der Waals surface area (Å²) in [6.07, 6.45) is 3.17. The number of nitrogens with two attached hydrogens (primary N) is 1. The summed E-state index contributed by atoms with van der Waals surface area (Å²) in [5.41, 5.74) is 7.19. The van der Waals surface area contributed by atoms with Gasteiger partial charge in [0.2, 0.25) is 5.91 Å². The predicted molar refractivity (Wildman–Crippen MR) is 88.5 cm³/mol. The highest BCUT2D eigenvalue weighted by Crippen LogP contribution is 2.17. The van der Waals surface area contributed by atoms with Gasteiger partial charge in [-0.15, -0.1) is 11.3 Å². The van der Waals surface area contributed by atoms with E-state index in [-0.39, 0.29) is 12.3 Å². The van der Waals surface area contributed by atoms with Gasteiger partial charge in [-0.05, 0) is 17.7 Å². The van der Waals surface area contributed by atoms with Gasteiger partial charge < -0.3 is 5.73 Å². The number of primary amides is 1. The first kappa shape index (κ1) is 15.8. The van der Waals surface area contributed by atoms with E-state index in [1.807, 2.05) is 12.1 Å². The number of hydrogen-bond donors (Lipinski definition) is 2. The normalized spacial score (nSPS) is 10.5. The summed E-state index contributed by atoms with van der Waals surface area (Å²) in [4.78, 5) is 31.1. The van der Waals surface area contributed by atoms with Crippen LogP contribution in [0.3, 0.4) is 0 Å². The van der Waals surface area contributed by atoms with Gasteiger partial charge in [0, 0.05) is 10.9 Å². The van der Waals surface area contributed by atoms with E-state index in [4.69, 9.17) is 5.73 Å². The maximum atomic E-state index is 12.2. The van der Waals surface area contributed by atoms with Gasteiger partial charge >= 0.3 is 0 Å². The third kappa shape index (κ3) is 4.02. The van der Waals surface area contributed by atoms with Crippen LogP contribution in [0.25, 0.3) is 0 Å². The minimum atomic E-state index is -0.457. The molecule has 0 aliphatic carbocycles. The van der Waals surface area contributed by atoms with Crippen LogP contribution in [0, 0.1) is 0 Å². The lowest BCUT2D eigenvalue weighted by molar-refractivity contribution is -0.117. The molecule has 0 saturated heterocycles. The summed E-state index contributed by atoms with van der Waals surface area (Å²) < 4.78 is 1.70. The first-order valence-electron chi connectivity index (χ1n) is 7.05. The molecular formula is C15H14N6O2S. The van der Waals surface area contributed by atoms with Crippen molar-refractivity contribution in [3.63, 3.8) is 0 Å². The molecule has 0 fully saturated rings. The van der Waals surface area contributed by atoms with Crippen LogP contribution in [0.2, 0.25) is 0 Å². The lowest BCUT2D eigenvalue weighted by Gasteiger charge is -2.04. The van der Waals surface area contributed by atoms with Crippen LogP contribution in [0.5, 0.6) is 0 Å². The monoisotopic (exact) mass is 342 g/mol. The molecule has 2 amide bonds. The van der Waals surface area contributed by atoms with Gasteiger partial charge in [0.05, 0.1) is 18.7 Å². The van der Waals surface area contributed by atoms with Crippen molar-refractivity contribution in [2.24, 2.45) is 5.73 Å². The number of carbonyl (C=O) groups excluding carboxylic acids is 2. The average Bonchev–Trinajstić information content (AvgIpc) is 3.20. The highest BCUT2D eigenvalue weighted by Gasteiger charge is 2.10. The summed E-state index contributed by atoms with van der Waals surface area (Å²) in [6, 6.07) is 7.19. The number of nitrogens with zero attached hydrogens (tertiary/aromatic N) is 4. The van der Waals surface area contributed by atoms with Gasteiger partial charge in [0.1, 0.15) is 12.7 Å². The number of hydrogen-bond acceptors (Lipinski definition) is 6. The summed E-state index contributed by atoms with van der Waals surface area (Å²) in [5, 5.41) is 8.87. The Morgan fingerprint density at radius 2 is 2.04 bits per heavy atom. The second-order valence-corrected chi connectivity index (χ2v) is 5.89. The Kier molecular flexibility index (Phi) is 4.62. The number of nitrogens with one attached hydrogen (secondary N) is 1. The molecule has 0 atom stereocenters. The van der Waals surface area contributed by atoms with Crippen LogP contribution >= 0.6 is 11.3 Å². The number of anilines is 1. The smallest absolute Gasteiger partial charge is 0.257 e. The maximum absolute atomic E-state index is 12.2. The number of aromatic nitrogens is 4. The van der Waals surface area contributed by atoms with E-state index in [0.717, 1.165) is 5.56 Å². The lowest BCUT2D eigenvalue weighted by Crippen LogP contribution is -2.14. The second kappa shape index (κ2) is 7.01. The number of carbonyl (C=O) groups is 2. The Morgan fingerprint density at radius 1 is 1.25 bits per heavy atom. The molecule has 2 aromatic heterocycles. The van der Waals surface area contributed by atoms with Gasteiger partial charge in [-0.1, -0.05) is 12.1 Å². The Balaban J connectivity index is 1.62. The molecule has 0 spiro atoms. The molecule has 0 saturated carbocycles. The molecule has 122 valence electrons. The van der Waals surface area contributed by atoms with Crippen LogP contribution < -0.4 is 11.1 Å². The molecule has 1 aromatic carbocycles. The van der Waals surface area contributed by atoms with Crippen molar-refractivity contribution >= 4 is 28.3 Å². The van der Waals surface area contributed by atoms with Crippen molar-refractivity contribution in [1.82, 2.24) is 19.7 Å². The van der Waals surface area contributed by atoms with E-state index in [1.165, 1.54) is 17.7 Å². The molecule has 0 bridgehead atoms. The summed E-state index contributed by atoms with van der Waals surface area (Å²) in [5.74, 6) is -0.719. The number of rotatable bonds is 6. The number of benzene rings is 1. The third-order valence-corrected chi connectivity index (χ3v) is 3.96. The maximum Gasteiger partial charge on any atom is 0.257 e. The summed E-state index contributed by atoms with van der Waals surface area (Å²) >= 11 is 1.25. The second-order valence-electron chi connectivity index (χ2n) is 5.03. The highest BCUT2D eigenvalue weighted by molar-refractivity contribution is 7.14. The van der Waals surface area contributed by atoms with E-state index in [1.54, 1.807) is 28.5 Å². The summed E-state index contributed by atoms with van der Waals surface area (Å²) in [6.45, 7) is 0.588. The Labute approximate surface area is 141 Å². The van der Waals surface area contributed by atoms with Crippen molar-refractivity contribution in [1.29, 1.82) is 0 Å². The van der Waals surface area contributed by atoms with Crippen LogP contribution in [0.1, 0.15) is 21.6 Å². The van der Waals surface area contributed by atoms with Crippen molar-refractivity contribution in [3.8, 4) is 0 Å². The van der Waals surface area contributed by atoms with E-state index < -0.39 is 5.91 Å². The van der Waals surface area contributed by atoms with Crippen molar-refractivity contribution in [3.05, 3.63) is 59.1 Å². The van der Waals surface area contributed by atoms with Crippen LogP contribution in [-0.2, 0) is 17.8 Å². The largest absolute Gasteiger partial charge is 0.369 e. The molecule has 0 aliphatic heterocycles. The standard InChI is InChI=1S/C15H14N6O2S/c16-13(22)5-12-7-24-15(19-12)20-14(23)11-3-1-10(2-4-11)6-21-9-17-8-18-21/h1-4,7-9H,5-6H2,(H2,16,22)(H,19,20,23). The lowest BCUT2D eigenvalue weighted by atomic mass is 10.1. The zero-order chi connectivity index (χ0) is 16.9. The predicted octanol–water partition coefficient (Wildman–Crippen LogP) is 1.06. The SMILES string of the molecule is NC(=O)Cc1csc(NC(=O)c2ccc(Cn3cncn3)cc2)n1. The molecule has 3 aromatic rings. The van der Waals surface area contributed by atoms with Gasteiger partial charge in [0.25, 0.3) is 5.91 Å². The van der Waals surface area contributed by atoms with Gasteiger partial charge in [0.15, 0.2) is 5.13 Å². The van der Waals surface area contributed by atoms with E-state index in [2.05, 4.69) is 20.4 Å². The first-order chi connectivity index (χ1) is 11.6. The molecule has 0 unspecified atom stereocenters. The molecule has 24 heavy (non-hydrogen) atoms. The first-order valence-corrected chi connectivity index (χ1v) is 7.93. The molecular weight excluding hydrogens is 328 g/mol. The fourth-order valence-electron chi connectivity index (χ4n) is 2.06. The average molecular weight is 342 g/mol. The van der Waals surface area contributed by atoms with E-state index in [9.17, 15) is 9.59 Å². The fraction of sp³-hybridized carbons (Fsp3) is 0.133. The van der Waals surface area contributed by atoms with E-state index >= 15 is 0 Å². The fourth-order valence-corrected chi connectivity index (χ4v) is 2.76. The van der Waals surface area contributed by atoms with E-state index in [0.29, 0.717) is 22.9 Å². The Morgan fingerprint density at radius 3 is 2.71 bits per heavy atom. The molecule has 3 N–H and O–H groups in total. The minimum absolute atomic E-state index is 0.0589. The van der Waals surface area contributed by atoms with Gasteiger partial charge in [-0.3, -0.25) is 14.9 Å². The molecule has 3 rings (SSSR count). The van der Waals surface area contributed by atoms with Crippen LogP contribution in [0.4, 0.5) is 5.13 Å². The topological polar surface area (TPSA) is 116 Å². The van der Waals surface area contributed by atoms with Crippen molar-refractivity contribution < 1.29 is 9.59 Å². The number of thiazole rings is 1. The van der Waals surface area contributed by atoms with Gasteiger partial charge in [-0.25, -0.2) is 14.6 Å². The molecule has 9 heteroatoms. The quantitative estimate of drug-likeness (QED) is 0.695. The third-order valence-electron chi connectivity index (χ3n) is 3.15. The van der Waals surface area contributed by atoms with Crippen LogP contribution in [0.15, 0.2) is 42.3 Å². The summed E-state index contributed by atoms with van der Waals surface area (Å²) in [7, 11) is 0. The highest BCUT2D eigenvalue weighted by atomic mass is 32.1. The van der Waals surface area contributed by atoms with Crippen LogP contribution in [-0.4, -0.2) is 31.6 Å². The van der Waals surface area contributed by atoms with Crippen molar-refractivity contribution in [2.75, 3.05) is 5.32 Å². The molecule has 0 radical (unpaired) electrons.